The number of para-hydroxylation sites is 1. The maximum absolute atomic E-state index is 6.63. The summed E-state index contributed by atoms with van der Waals surface area (Å²) in [6.07, 6.45) is 0. The van der Waals surface area contributed by atoms with E-state index in [1.54, 1.807) is 0 Å². The highest BCUT2D eigenvalue weighted by Crippen LogP contribution is 2.55. The molecule has 10 aromatic carbocycles. The Morgan fingerprint density at radius 3 is 1.73 bits per heavy atom. The molecule has 1 aromatic heterocycles. The monoisotopic (exact) mass is 805 g/mol. The van der Waals surface area contributed by atoms with E-state index in [1.807, 2.05) is 0 Å². The minimum absolute atomic E-state index is 0.230. The molecule has 0 unspecified atom stereocenters. The van der Waals surface area contributed by atoms with E-state index < -0.39 is 0 Å². The molecule has 2 nitrogen and oxygen atoms in total. The first kappa shape index (κ1) is 36.9. The van der Waals surface area contributed by atoms with Gasteiger partial charge in [0.25, 0.3) is 0 Å². The Morgan fingerprint density at radius 2 is 0.952 bits per heavy atom. The van der Waals surface area contributed by atoms with Crippen molar-refractivity contribution in [3.63, 3.8) is 0 Å². The maximum Gasteiger partial charge on any atom is 0.136 e. The van der Waals surface area contributed by atoms with Crippen LogP contribution in [0, 0.1) is 0 Å². The number of hydrogen-bond acceptors (Lipinski definition) is 2. The molecular weight excluding hydrogens is 763 g/mol. The van der Waals surface area contributed by atoms with Crippen molar-refractivity contribution in [3.8, 4) is 55.6 Å². The average Bonchev–Trinajstić information content (AvgIpc) is 3.83. The lowest BCUT2D eigenvalue weighted by molar-refractivity contribution is 0.661. The van der Waals surface area contributed by atoms with Crippen LogP contribution in [0.25, 0.3) is 88.3 Å². The SMILES string of the molecule is CC1(C)c2ccccc2-c2cccc(N(c3ccc(-c4ccc(-c5ccccc5)c(-c5ccccc5)c4)cc3)c3ccccc3-c3cccc4oc5cc6ccccc6cc5c34)c21. The van der Waals surface area contributed by atoms with E-state index in [0.717, 1.165) is 50.0 Å². The van der Waals surface area contributed by atoms with E-state index in [1.165, 1.54) is 66.5 Å². The van der Waals surface area contributed by atoms with Crippen LogP contribution in [0.5, 0.6) is 0 Å². The van der Waals surface area contributed by atoms with Gasteiger partial charge in [0.15, 0.2) is 0 Å². The molecule has 298 valence electrons. The molecule has 1 heterocycles. The number of hydrogen-bond donors (Lipinski definition) is 0. The molecule has 0 radical (unpaired) electrons. The van der Waals surface area contributed by atoms with Gasteiger partial charge >= 0.3 is 0 Å². The lowest BCUT2D eigenvalue weighted by Gasteiger charge is -2.33. The molecule has 2 heteroatoms. The smallest absolute Gasteiger partial charge is 0.136 e. The van der Waals surface area contributed by atoms with Crippen LogP contribution in [0.15, 0.2) is 229 Å². The van der Waals surface area contributed by atoms with Crippen molar-refractivity contribution in [3.05, 3.63) is 236 Å². The van der Waals surface area contributed by atoms with Crippen molar-refractivity contribution < 1.29 is 4.42 Å². The molecule has 0 bridgehead atoms. The fourth-order valence-corrected chi connectivity index (χ4v) is 10.3. The molecule has 0 fully saturated rings. The first-order valence-corrected chi connectivity index (χ1v) is 21.8. The van der Waals surface area contributed by atoms with Gasteiger partial charge in [-0.1, -0.05) is 190 Å². The van der Waals surface area contributed by atoms with Crippen molar-refractivity contribution in [2.45, 2.75) is 19.3 Å². The Balaban J connectivity index is 1.06. The molecular formula is C61H43NO. The molecule has 11 aromatic rings. The second-order valence-corrected chi connectivity index (χ2v) is 17.2. The van der Waals surface area contributed by atoms with Gasteiger partial charge in [0.05, 0.1) is 11.4 Å². The second kappa shape index (κ2) is 14.6. The number of fused-ring (bicyclic) bond motifs is 7. The normalized spacial score (nSPS) is 12.7. The van der Waals surface area contributed by atoms with Gasteiger partial charge in [0, 0.05) is 27.4 Å². The first-order chi connectivity index (χ1) is 31.0. The number of benzene rings is 10. The van der Waals surface area contributed by atoms with E-state index in [-0.39, 0.29) is 5.41 Å². The molecule has 1 aliphatic rings. The number of rotatable bonds is 7. The summed E-state index contributed by atoms with van der Waals surface area (Å²) in [5.41, 5.74) is 19.6. The topological polar surface area (TPSA) is 16.4 Å². The summed E-state index contributed by atoms with van der Waals surface area (Å²) >= 11 is 0. The largest absolute Gasteiger partial charge is 0.456 e. The average molecular weight is 806 g/mol. The standard InChI is InChI=1S/C61H43NO/c1-61(2)54-27-13-11-23-48(54)51-26-15-29-56(60(51)61)62(46-34-31-40(32-35-46)45-33-36-47(41-17-5-3-6-18-41)52(37-45)42-19-7-4-8-20-42)55-28-14-12-24-49(55)50-25-16-30-57-59(50)53-38-43-21-9-10-22-44(43)39-58(53)63-57/h3-39H,1-2H3. The molecule has 0 saturated heterocycles. The van der Waals surface area contributed by atoms with Crippen LogP contribution in [0.1, 0.15) is 25.0 Å². The molecule has 1 aliphatic carbocycles. The third-order valence-electron chi connectivity index (χ3n) is 13.2. The molecule has 63 heavy (non-hydrogen) atoms. The van der Waals surface area contributed by atoms with Crippen LogP contribution in [0.2, 0.25) is 0 Å². The quantitative estimate of drug-likeness (QED) is 0.160. The van der Waals surface area contributed by atoms with Crippen LogP contribution in [0.4, 0.5) is 17.1 Å². The minimum atomic E-state index is -0.230. The highest BCUT2D eigenvalue weighted by Gasteiger charge is 2.39. The molecule has 0 aliphatic heterocycles. The van der Waals surface area contributed by atoms with Crippen LogP contribution in [0.3, 0.4) is 0 Å². The first-order valence-electron chi connectivity index (χ1n) is 21.8. The van der Waals surface area contributed by atoms with E-state index in [9.17, 15) is 0 Å². The summed E-state index contributed by atoms with van der Waals surface area (Å²) in [4.78, 5) is 2.50. The fourth-order valence-electron chi connectivity index (χ4n) is 10.3. The summed E-state index contributed by atoms with van der Waals surface area (Å²) in [7, 11) is 0. The van der Waals surface area contributed by atoms with Gasteiger partial charge in [-0.05, 0) is 121 Å². The molecule has 0 spiro atoms. The Bertz CT molecular complexity index is 3520. The summed E-state index contributed by atoms with van der Waals surface area (Å²) in [6, 6.07) is 81.6. The molecule has 0 N–H and O–H groups in total. The number of nitrogens with zero attached hydrogens (tertiary/aromatic N) is 1. The Morgan fingerprint density at radius 1 is 0.365 bits per heavy atom. The zero-order chi connectivity index (χ0) is 42.1. The lowest BCUT2D eigenvalue weighted by Crippen LogP contribution is -2.21. The Kier molecular flexibility index (Phi) is 8.55. The predicted octanol–water partition coefficient (Wildman–Crippen LogP) is 17.2. The van der Waals surface area contributed by atoms with Crippen molar-refractivity contribution in [2.24, 2.45) is 0 Å². The van der Waals surface area contributed by atoms with Crippen LogP contribution >= 0.6 is 0 Å². The van der Waals surface area contributed by atoms with E-state index >= 15 is 0 Å². The zero-order valence-electron chi connectivity index (χ0n) is 35.2. The minimum Gasteiger partial charge on any atom is -0.456 e. The molecule has 12 rings (SSSR count). The zero-order valence-corrected chi connectivity index (χ0v) is 35.2. The van der Waals surface area contributed by atoms with E-state index in [4.69, 9.17) is 4.42 Å². The highest BCUT2D eigenvalue weighted by molar-refractivity contribution is 6.16. The van der Waals surface area contributed by atoms with E-state index in [0.29, 0.717) is 0 Å². The highest BCUT2D eigenvalue weighted by atomic mass is 16.3. The molecule has 0 saturated carbocycles. The van der Waals surface area contributed by atoms with Gasteiger partial charge < -0.3 is 9.32 Å². The van der Waals surface area contributed by atoms with Gasteiger partial charge in [0.1, 0.15) is 11.2 Å². The maximum atomic E-state index is 6.63. The number of furan rings is 1. The number of anilines is 3. The third kappa shape index (κ3) is 6.02. The van der Waals surface area contributed by atoms with E-state index in [2.05, 4.69) is 243 Å². The fraction of sp³-hybridized carbons (Fsp3) is 0.0492. The third-order valence-corrected chi connectivity index (χ3v) is 13.2. The van der Waals surface area contributed by atoms with Crippen molar-refractivity contribution in [1.29, 1.82) is 0 Å². The molecule has 0 atom stereocenters. The second-order valence-electron chi connectivity index (χ2n) is 17.2. The van der Waals surface area contributed by atoms with Crippen molar-refractivity contribution in [2.75, 3.05) is 4.90 Å². The van der Waals surface area contributed by atoms with Gasteiger partial charge in [0.2, 0.25) is 0 Å². The van der Waals surface area contributed by atoms with Crippen LogP contribution in [-0.4, -0.2) is 0 Å². The van der Waals surface area contributed by atoms with Gasteiger partial charge in [-0.3, -0.25) is 0 Å². The van der Waals surface area contributed by atoms with Crippen LogP contribution in [-0.2, 0) is 5.41 Å². The summed E-state index contributed by atoms with van der Waals surface area (Å²) in [5, 5.41) is 4.62. The van der Waals surface area contributed by atoms with Crippen LogP contribution < -0.4 is 4.90 Å². The summed E-state index contributed by atoms with van der Waals surface area (Å²) < 4.78 is 6.63. The van der Waals surface area contributed by atoms with Crippen molar-refractivity contribution >= 4 is 49.8 Å². The Labute approximate surface area is 368 Å². The summed E-state index contributed by atoms with van der Waals surface area (Å²) in [5.74, 6) is 0. The lowest BCUT2D eigenvalue weighted by atomic mass is 9.81. The van der Waals surface area contributed by atoms with Gasteiger partial charge in [-0.25, -0.2) is 0 Å². The van der Waals surface area contributed by atoms with Gasteiger partial charge in [-0.2, -0.15) is 0 Å². The molecule has 0 amide bonds. The predicted molar refractivity (Wildman–Crippen MR) is 265 cm³/mol. The van der Waals surface area contributed by atoms with Gasteiger partial charge in [-0.15, -0.1) is 0 Å². The van der Waals surface area contributed by atoms with Crippen molar-refractivity contribution in [1.82, 2.24) is 0 Å². The summed E-state index contributed by atoms with van der Waals surface area (Å²) in [6.45, 7) is 4.75. The Hall–Kier alpha value is -7.94.